The number of phosphoric acid groups is 2. The van der Waals surface area contributed by atoms with Crippen molar-refractivity contribution in [1.82, 2.24) is 0 Å². The molecule has 0 aliphatic rings. The smallest absolute Gasteiger partial charge is 0.462 e. The first-order chi connectivity index (χ1) is 45.0. The molecule has 0 saturated carbocycles. The van der Waals surface area contributed by atoms with E-state index >= 15 is 0 Å². The normalized spacial score (nSPS) is 14.0. The van der Waals surface area contributed by atoms with E-state index in [9.17, 15) is 43.2 Å². The van der Waals surface area contributed by atoms with Gasteiger partial charge in [-0.15, -0.1) is 0 Å². The lowest BCUT2D eigenvalue weighted by molar-refractivity contribution is -0.161. The van der Waals surface area contributed by atoms with Crippen LogP contribution in [0.1, 0.15) is 388 Å². The first kappa shape index (κ1) is 91.1. The van der Waals surface area contributed by atoms with Crippen LogP contribution in [0, 0.1) is 5.92 Å². The van der Waals surface area contributed by atoms with Gasteiger partial charge in [0.25, 0.3) is 0 Å². The van der Waals surface area contributed by atoms with Crippen molar-refractivity contribution in [2.24, 2.45) is 5.92 Å². The van der Waals surface area contributed by atoms with Crippen LogP contribution in [0.15, 0.2) is 0 Å². The molecule has 0 saturated heterocycles. The molecule has 0 aromatic rings. The van der Waals surface area contributed by atoms with Gasteiger partial charge in [-0.25, -0.2) is 9.13 Å². The van der Waals surface area contributed by atoms with E-state index in [-0.39, 0.29) is 25.7 Å². The van der Waals surface area contributed by atoms with E-state index in [1.165, 1.54) is 205 Å². The summed E-state index contributed by atoms with van der Waals surface area (Å²) < 4.78 is 68.4. The topological polar surface area (TPSA) is 237 Å². The van der Waals surface area contributed by atoms with E-state index in [2.05, 4.69) is 34.6 Å². The molecular weight excluding hydrogens is 1220 g/mol. The third-order valence-electron chi connectivity index (χ3n) is 17.3. The van der Waals surface area contributed by atoms with Gasteiger partial charge >= 0.3 is 39.5 Å². The van der Waals surface area contributed by atoms with Gasteiger partial charge in [-0.1, -0.05) is 336 Å². The van der Waals surface area contributed by atoms with Crippen molar-refractivity contribution in [3.63, 3.8) is 0 Å². The summed E-state index contributed by atoms with van der Waals surface area (Å²) in [5.74, 6) is -1.33. The second-order valence-electron chi connectivity index (χ2n) is 27.2. The molecule has 0 spiro atoms. The number of hydrogen-bond donors (Lipinski definition) is 3. The highest BCUT2D eigenvalue weighted by molar-refractivity contribution is 7.47. The van der Waals surface area contributed by atoms with Crippen molar-refractivity contribution in [2.45, 2.75) is 406 Å². The van der Waals surface area contributed by atoms with E-state index in [4.69, 9.17) is 37.0 Å². The Morgan fingerprint density at radius 3 is 0.731 bits per heavy atom. The maximum Gasteiger partial charge on any atom is 0.472 e. The minimum absolute atomic E-state index is 0.108. The van der Waals surface area contributed by atoms with Gasteiger partial charge < -0.3 is 33.8 Å². The van der Waals surface area contributed by atoms with E-state index in [1.54, 1.807) is 0 Å². The highest BCUT2D eigenvalue weighted by Gasteiger charge is 2.30. The van der Waals surface area contributed by atoms with Crippen LogP contribution in [0.3, 0.4) is 0 Å². The number of hydrogen-bond acceptors (Lipinski definition) is 15. The number of phosphoric ester groups is 2. The van der Waals surface area contributed by atoms with Gasteiger partial charge in [0.15, 0.2) is 12.2 Å². The Balaban J connectivity index is 5.22. The standard InChI is InChI=1S/C74H144O17P2/c1-6-9-12-15-18-21-23-25-27-31-34-38-43-48-53-58-72(77)85-64-70(91-74(79)60-55-50-45-40-36-32-28-29-33-37-41-46-51-56-67(4)5)66-89-93(82,83)87-62-68(75)61-86-92(80,81)88-65-69(63-84-71(76)57-52-47-42-20-17-14-11-8-3)90-73(78)59-54-49-44-39-35-30-26-24-22-19-16-13-10-7-2/h67-70,75H,6-66H2,1-5H3,(H,80,81)(H,82,83)/t68-,69+,70+/m0/s1. The van der Waals surface area contributed by atoms with Crippen molar-refractivity contribution in [3.05, 3.63) is 0 Å². The summed E-state index contributed by atoms with van der Waals surface area (Å²) in [5.41, 5.74) is 0. The highest BCUT2D eigenvalue weighted by atomic mass is 31.2. The summed E-state index contributed by atoms with van der Waals surface area (Å²) in [6.45, 7) is 7.28. The third-order valence-corrected chi connectivity index (χ3v) is 19.2. The Morgan fingerprint density at radius 2 is 0.495 bits per heavy atom. The molecule has 0 radical (unpaired) electrons. The quantitative estimate of drug-likeness (QED) is 0.0222. The van der Waals surface area contributed by atoms with Gasteiger partial charge in [-0.05, 0) is 31.6 Å². The summed E-state index contributed by atoms with van der Waals surface area (Å²) in [6.07, 6.45) is 55.4. The number of unbranched alkanes of at least 4 members (excludes halogenated alkanes) is 46. The maximum atomic E-state index is 13.1. The van der Waals surface area contributed by atoms with E-state index in [1.807, 2.05) is 0 Å². The molecule has 552 valence electrons. The number of rotatable bonds is 74. The minimum Gasteiger partial charge on any atom is -0.462 e. The first-order valence-corrected chi connectivity index (χ1v) is 41.6. The Hall–Kier alpha value is -1.94. The molecule has 0 aromatic heterocycles. The maximum absolute atomic E-state index is 13.1. The number of carbonyl (C=O) groups excluding carboxylic acids is 4. The summed E-state index contributed by atoms with van der Waals surface area (Å²) in [5, 5.41) is 10.6. The molecule has 0 amide bonds. The SMILES string of the molecule is CCCCCCCCCCCCCCCCCC(=O)OC[C@H](COP(=O)(O)OC[C@@H](O)COP(=O)(O)OC[C@@H](COC(=O)CCCCCCCCCC)OC(=O)CCCCCCCCCCCCCCCC)OC(=O)CCCCCCCCCCCCCCCC(C)C. The molecule has 3 N–H and O–H groups in total. The molecule has 0 fully saturated rings. The first-order valence-electron chi connectivity index (χ1n) is 38.6. The van der Waals surface area contributed by atoms with Gasteiger partial charge in [0.2, 0.25) is 0 Å². The predicted molar refractivity (Wildman–Crippen MR) is 377 cm³/mol. The Bertz CT molecular complexity index is 1790. The second kappa shape index (κ2) is 67.3. The van der Waals surface area contributed by atoms with Crippen LogP contribution in [0.2, 0.25) is 0 Å². The number of carbonyl (C=O) groups is 4. The van der Waals surface area contributed by atoms with Crippen LogP contribution in [-0.2, 0) is 65.4 Å². The summed E-state index contributed by atoms with van der Waals surface area (Å²) in [7, 11) is -9.90. The summed E-state index contributed by atoms with van der Waals surface area (Å²) in [6, 6.07) is 0. The fraction of sp³-hybridized carbons (Fsp3) is 0.946. The average Bonchev–Trinajstić information content (AvgIpc) is 3.71. The lowest BCUT2D eigenvalue weighted by atomic mass is 10.0. The Kier molecular flexibility index (Phi) is 65.9. The van der Waals surface area contributed by atoms with Crippen molar-refractivity contribution in [2.75, 3.05) is 39.6 Å². The highest BCUT2D eigenvalue weighted by Crippen LogP contribution is 2.45. The fourth-order valence-corrected chi connectivity index (χ4v) is 12.9. The monoisotopic (exact) mass is 1370 g/mol. The largest absolute Gasteiger partial charge is 0.472 e. The van der Waals surface area contributed by atoms with Crippen LogP contribution in [0.25, 0.3) is 0 Å². The van der Waals surface area contributed by atoms with E-state index in [0.29, 0.717) is 25.7 Å². The van der Waals surface area contributed by atoms with Gasteiger partial charge in [-0.3, -0.25) is 37.3 Å². The van der Waals surface area contributed by atoms with Crippen molar-refractivity contribution in [3.8, 4) is 0 Å². The zero-order chi connectivity index (χ0) is 68.4. The van der Waals surface area contributed by atoms with E-state index < -0.39 is 97.5 Å². The molecule has 19 heteroatoms. The number of aliphatic hydroxyl groups is 1. The summed E-state index contributed by atoms with van der Waals surface area (Å²) >= 11 is 0. The number of aliphatic hydroxyl groups excluding tert-OH is 1. The molecule has 0 rings (SSSR count). The molecule has 0 aromatic carbocycles. The molecule has 93 heavy (non-hydrogen) atoms. The predicted octanol–water partition coefficient (Wildman–Crippen LogP) is 21.7. The molecule has 5 atom stereocenters. The van der Waals surface area contributed by atoms with Crippen LogP contribution in [0.4, 0.5) is 0 Å². The minimum atomic E-state index is -4.95. The van der Waals surface area contributed by atoms with Crippen LogP contribution >= 0.6 is 15.6 Å². The zero-order valence-corrected chi connectivity index (χ0v) is 62.2. The second-order valence-corrected chi connectivity index (χ2v) is 30.1. The molecule has 0 aliphatic carbocycles. The van der Waals surface area contributed by atoms with Crippen molar-refractivity contribution < 1.29 is 80.2 Å². The lowest BCUT2D eigenvalue weighted by Gasteiger charge is -2.21. The zero-order valence-electron chi connectivity index (χ0n) is 60.4. The van der Waals surface area contributed by atoms with Gasteiger partial charge in [0.05, 0.1) is 26.4 Å². The van der Waals surface area contributed by atoms with Gasteiger partial charge in [0.1, 0.15) is 19.3 Å². The van der Waals surface area contributed by atoms with Crippen LogP contribution in [-0.4, -0.2) is 96.7 Å². The molecule has 2 unspecified atom stereocenters. The average molecular weight is 1370 g/mol. The van der Waals surface area contributed by atoms with E-state index in [0.717, 1.165) is 102 Å². The summed E-state index contributed by atoms with van der Waals surface area (Å²) in [4.78, 5) is 72.7. The van der Waals surface area contributed by atoms with Crippen LogP contribution < -0.4 is 0 Å². The van der Waals surface area contributed by atoms with Crippen LogP contribution in [0.5, 0.6) is 0 Å². The van der Waals surface area contributed by atoms with Gasteiger partial charge in [0, 0.05) is 25.7 Å². The Labute approximate surface area is 568 Å². The molecule has 0 bridgehead atoms. The van der Waals surface area contributed by atoms with Crippen molar-refractivity contribution >= 4 is 39.5 Å². The van der Waals surface area contributed by atoms with Gasteiger partial charge in [-0.2, -0.15) is 0 Å². The molecule has 17 nitrogen and oxygen atoms in total. The van der Waals surface area contributed by atoms with Crippen molar-refractivity contribution in [1.29, 1.82) is 0 Å². The lowest BCUT2D eigenvalue weighted by Crippen LogP contribution is -2.30. The Morgan fingerprint density at radius 1 is 0.290 bits per heavy atom. The fourth-order valence-electron chi connectivity index (χ4n) is 11.4. The molecular formula is C74H144O17P2. The number of ether oxygens (including phenoxy) is 4. The molecule has 0 heterocycles. The third kappa shape index (κ3) is 68.4. The number of esters is 4. The molecule has 0 aliphatic heterocycles.